The Morgan fingerprint density at radius 1 is 1.12 bits per heavy atom. The van der Waals surface area contributed by atoms with Crippen molar-refractivity contribution >= 4 is 23.6 Å². The van der Waals surface area contributed by atoms with Crippen LogP contribution >= 0.6 is 0 Å². The van der Waals surface area contributed by atoms with Crippen LogP contribution in [0.2, 0.25) is 0 Å². The zero-order chi connectivity index (χ0) is 18.9. The Labute approximate surface area is 153 Å². The molecule has 2 aromatic rings. The van der Waals surface area contributed by atoms with Gasteiger partial charge in [0.1, 0.15) is 5.75 Å². The van der Waals surface area contributed by atoms with Crippen molar-refractivity contribution in [2.75, 3.05) is 19.0 Å². The van der Waals surface area contributed by atoms with Crippen LogP contribution in [0.25, 0.3) is 6.08 Å². The molecule has 0 heterocycles. The van der Waals surface area contributed by atoms with Gasteiger partial charge in [-0.2, -0.15) is 0 Å². The first-order valence-corrected chi connectivity index (χ1v) is 8.37. The third-order valence-electron chi connectivity index (χ3n) is 3.71. The average Bonchev–Trinajstić information content (AvgIpc) is 2.65. The van der Waals surface area contributed by atoms with Crippen molar-refractivity contribution in [3.63, 3.8) is 0 Å². The number of amides is 1. The molecule has 2 aromatic carbocycles. The quantitative estimate of drug-likeness (QED) is 0.603. The van der Waals surface area contributed by atoms with E-state index in [0.717, 1.165) is 16.8 Å². The second-order valence-corrected chi connectivity index (χ2v) is 6.01. The van der Waals surface area contributed by atoms with Crippen LogP contribution < -0.4 is 10.1 Å². The number of rotatable bonds is 7. The van der Waals surface area contributed by atoms with E-state index in [1.807, 2.05) is 56.3 Å². The van der Waals surface area contributed by atoms with E-state index in [1.54, 1.807) is 19.3 Å². The van der Waals surface area contributed by atoms with Gasteiger partial charge in [0, 0.05) is 11.8 Å². The van der Waals surface area contributed by atoms with E-state index in [0.29, 0.717) is 5.75 Å². The fourth-order valence-electron chi connectivity index (χ4n) is 2.39. The largest absolute Gasteiger partial charge is 0.497 e. The van der Waals surface area contributed by atoms with Crippen LogP contribution in [0.5, 0.6) is 5.75 Å². The standard InChI is InChI=1S/C21H23NO4/c1-15(2)18-9-4-5-10-19(18)22-20(23)14-26-21(24)12-11-16-7-6-8-17(13-16)25-3/h4-13,15H,14H2,1-3H3,(H,22,23)/b12-11+. The maximum absolute atomic E-state index is 12.0. The molecule has 1 N–H and O–H groups in total. The molecule has 1 amide bonds. The maximum atomic E-state index is 12.0. The molecule has 0 radical (unpaired) electrons. The van der Waals surface area contributed by atoms with Gasteiger partial charge < -0.3 is 14.8 Å². The Kier molecular flexibility index (Phi) is 6.97. The Hall–Kier alpha value is -3.08. The summed E-state index contributed by atoms with van der Waals surface area (Å²) in [6.07, 6.45) is 2.89. The van der Waals surface area contributed by atoms with Crippen LogP contribution in [0.4, 0.5) is 5.69 Å². The molecule has 136 valence electrons. The van der Waals surface area contributed by atoms with E-state index in [4.69, 9.17) is 9.47 Å². The minimum absolute atomic E-state index is 0.278. The summed E-state index contributed by atoms with van der Waals surface area (Å²) in [4.78, 5) is 23.8. The van der Waals surface area contributed by atoms with Crippen LogP contribution in [0.1, 0.15) is 30.9 Å². The highest BCUT2D eigenvalue weighted by molar-refractivity contribution is 5.95. The Bertz CT molecular complexity index is 796. The minimum atomic E-state index is -0.583. The van der Waals surface area contributed by atoms with Gasteiger partial charge in [0.05, 0.1) is 7.11 Å². The predicted molar refractivity (Wildman–Crippen MR) is 102 cm³/mol. The first kappa shape index (κ1) is 19.2. The maximum Gasteiger partial charge on any atom is 0.331 e. The van der Waals surface area contributed by atoms with E-state index < -0.39 is 5.97 Å². The van der Waals surface area contributed by atoms with Crippen molar-refractivity contribution in [2.45, 2.75) is 19.8 Å². The number of hydrogen-bond acceptors (Lipinski definition) is 4. The van der Waals surface area contributed by atoms with E-state index in [1.165, 1.54) is 6.08 Å². The summed E-state index contributed by atoms with van der Waals surface area (Å²) in [6, 6.07) is 14.8. The lowest BCUT2D eigenvalue weighted by atomic mass is 10.0. The van der Waals surface area contributed by atoms with Crippen molar-refractivity contribution in [1.82, 2.24) is 0 Å². The SMILES string of the molecule is COc1cccc(/C=C/C(=O)OCC(=O)Nc2ccccc2C(C)C)c1. The molecule has 0 bridgehead atoms. The van der Waals surface area contributed by atoms with Crippen molar-refractivity contribution in [3.8, 4) is 5.75 Å². The fourth-order valence-corrected chi connectivity index (χ4v) is 2.39. The zero-order valence-corrected chi connectivity index (χ0v) is 15.2. The summed E-state index contributed by atoms with van der Waals surface area (Å²) in [6.45, 7) is 3.76. The van der Waals surface area contributed by atoms with Crippen LogP contribution in [0.3, 0.4) is 0 Å². The molecule has 0 unspecified atom stereocenters. The highest BCUT2D eigenvalue weighted by atomic mass is 16.5. The fraction of sp³-hybridized carbons (Fsp3) is 0.238. The van der Waals surface area contributed by atoms with Crippen molar-refractivity contribution < 1.29 is 19.1 Å². The normalized spacial score (nSPS) is 10.8. The number of carbonyl (C=O) groups is 2. The van der Waals surface area contributed by atoms with Gasteiger partial charge in [0.2, 0.25) is 0 Å². The highest BCUT2D eigenvalue weighted by Crippen LogP contribution is 2.23. The van der Waals surface area contributed by atoms with Crippen LogP contribution in [-0.2, 0) is 14.3 Å². The number of carbonyl (C=O) groups excluding carboxylic acids is 2. The van der Waals surface area contributed by atoms with Gasteiger partial charge in [0.15, 0.2) is 6.61 Å². The summed E-state index contributed by atoms with van der Waals surface area (Å²) >= 11 is 0. The first-order chi connectivity index (χ1) is 12.5. The number of nitrogens with one attached hydrogen (secondary N) is 1. The topological polar surface area (TPSA) is 64.6 Å². The van der Waals surface area contributed by atoms with Gasteiger partial charge in [0.25, 0.3) is 5.91 Å². The third-order valence-corrected chi connectivity index (χ3v) is 3.71. The molecule has 0 aliphatic rings. The predicted octanol–water partition coefficient (Wildman–Crippen LogP) is 4.01. The smallest absolute Gasteiger partial charge is 0.331 e. The van der Waals surface area contributed by atoms with Gasteiger partial charge in [-0.1, -0.05) is 44.2 Å². The second-order valence-electron chi connectivity index (χ2n) is 6.01. The molecule has 0 aliphatic heterocycles. The van der Waals surface area contributed by atoms with Crippen molar-refractivity contribution in [3.05, 3.63) is 65.7 Å². The Balaban J connectivity index is 1.87. The monoisotopic (exact) mass is 353 g/mol. The summed E-state index contributed by atoms with van der Waals surface area (Å²) in [5.74, 6) is 0.0184. The van der Waals surface area contributed by atoms with E-state index in [9.17, 15) is 9.59 Å². The lowest BCUT2D eigenvalue weighted by molar-refractivity contribution is -0.142. The van der Waals surface area contributed by atoms with Gasteiger partial charge in [-0.25, -0.2) is 4.79 Å². The lowest BCUT2D eigenvalue weighted by Gasteiger charge is -2.13. The summed E-state index contributed by atoms with van der Waals surface area (Å²) in [5, 5.41) is 2.78. The molecule has 0 atom stereocenters. The van der Waals surface area contributed by atoms with Gasteiger partial charge >= 0.3 is 5.97 Å². The van der Waals surface area contributed by atoms with E-state index in [-0.39, 0.29) is 18.4 Å². The van der Waals surface area contributed by atoms with E-state index >= 15 is 0 Å². The number of anilines is 1. The molecule has 5 nitrogen and oxygen atoms in total. The number of methoxy groups -OCH3 is 1. The molecule has 0 spiro atoms. The van der Waals surface area contributed by atoms with Crippen molar-refractivity contribution in [1.29, 1.82) is 0 Å². The number of esters is 1. The molecule has 5 heteroatoms. The molecular formula is C21H23NO4. The molecule has 0 saturated heterocycles. The third kappa shape index (κ3) is 5.77. The second kappa shape index (κ2) is 9.42. The lowest BCUT2D eigenvalue weighted by Crippen LogP contribution is -2.21. The number of hydrogen-bond donors (Lipinski definition) is 1. The molecule has 0 saturated carbocycles. The Morgan fingerprint density at radius 3 is 2.62 bits per heavy atom. The minimum Gasteiger partial charge on any atom is -0.497 e. The zero-order valence-electron chi connectivity index (χ0n) is 15.2. The highest BCUT2D eigenvalue weighted by Gasteiger charge is 2.10. The number of ether oxygens (including phenoxy) is 2. The van der Waals surface area contributed by atoms with Crippen LogP contribution in [0, 0.1) is 0 Å². The first-order valence-electron chi connectivity index (χ1n) is 8.37. The van der Waals surface area contributed by atoms with E-state index in [2.05, 4.69) is 5.32 Å². The molecule has 0 aliphatic carbocycles. The van der Waals surface area contributed by atoms with Gasteiger partial charge in [-0.15, -0.1) is 0 Å². The number of para-hydroxylation sites is 1. The van der Waals surface area contributed by atoms with Gasteiger partial charge in [-0.3, -0.25) is 4.79 Å². The molecule has 0 aromatic heterocycles. The molecule has 2 rings (SSSR count). The average molecular weight is 353 g/mol. The molecule has 0 fully saturated rings. The van der Waals surface area contributed by atoms with Crippen LogP contribution in [0.15, 0.2) is 54.6 Å². The molecular weight excluding hydrogens is 330 g/mol. The number of benzene rings is 2. The van der Waals surface area contributed by atoms with Gasteiger partial charge in [-0.05, 0) is 41.3 Å². The molecule has 26 heavy (non-hydrogen) atoms. The summed E-state index contributed by atoms with van der Waals surface area (Å²) < 4.78 is 10.1. The summed E-state index contributed by atoms with van der Waals surface area (Å²) in [5.41, 5.74) is 2.57. The van der Waals surface area contributed by atoms with Crippen molar-refractivity contribution in [2.24, 2.45) is 0 Å². The summed E-state index contributed by atoms with van der Waals surface area (Å²) in [7, 11) is 1.58. The Morgan fingerprint density at radius 2 is 1.88 bits per heavy atom. The van der Waals surface area contributed by atoms with Crippen LogP contribution in [-0.4, -0.2) is 25.6 Å².